The van der Waals surface area contributed by atoms with Crippen molar-refractivity contribution in [3.8, 4) is 5.75 Å². The molecule has 6 heteroatoms. The number of methoxy groups -OCH3 is 1. The van der Waals surface area contributed by atoms with Crippen molar-refractivity contribution < 1.29 is 19.4 Å². The minimum atomic E-state index is -0.703. The Hall–Kier alpha value is -3.38. The summed E-state index contributed by atoms with van der Waals surface area (Å²) in [5, 5.41) is 13.4. The molecule has 0 spiro atoms. The number of hydrogen-bond donors (Lipinski definition) is 1. The van der Waals surface area contributed by atoms with E-state index in [1.807, 2.05) is 82.5 Å². The summed E-state index contributed by atoms with van der Waals surface area (Å²) >= 11 is 1.45. The second-order valence-corrected chi connectivity index (χ2v) is 10.00. The van der Waals surface area contributed by atoms with Gasteiger partial charge in [-0.3, -0.25) is 14.5 Å². The molecule has 0 bridgehead atoms. The van der Waals surface area contributed by atoms with Crippen LogP contribution in [0.4, 0.5) is 5.69 Å². The Balaban J connectivity index is 1.96. The highest BCUT2D eigenvalue weighted by Gasteiger charge is 2.47. The molecule has 2 heterocycles. The van der Waals surface area contributed by atoms with E-state index >= 15 is 0 Å². The van der Waals surface area contributed by atoms with Crippen molar-refractivity contribution >= 4 is 34.5 Å². The monoisotopic (exact) mass is 475 g/mol. The van der Waals surface area contributed by atoms with Gasteiger partial charge in [0.2, 0.25) is 0 Å². The van der Waals surface area contributed by atoms with Gasteiger partial charge in [-0.15, -0.1) is 11.3 Å². The lowest BCUT2D eigenvalue weighted by Gasteiger charge is -2.25. The number of ketones is 1. The summed E-state index contributed by atoms with van der Waals surface area (Å²) in [6, 6.07) is 12.5. The van der Waals surface area contributed by atoms with Crippen LogP contribution in [0.2, 0.25) is 0 Å². The van der Waals surface area contributed by atoms with E-state index in [1.165, 1.54) is 16.2 Å². The van der Waals surface area contributed by atoms with E-state index in [4.69, 9.17) is 4.74 Å². The molecule has 1 amide bonds. The van der Waals surface area contributed by atoms with E-state index < -0.39 is 17.7 Å². The minimum Gasteiger partial charge on any atom is -0.507 e. The number of aryl methyl sites for hydroxylation is 3. The Morgan fingerprint density at radius 3 is 2.35 bits per heavy atom. The van der Waals surface area contributed by atoms with Crippen molar-refractivity contribution in [2.24, 2.45) is 0 Å². The third-order valence-corrected chi connectivity index (χ3v) is 7.40. The Bertz CT molecular complexity index is 1300. The van der Waals surface area contributed by atoms with Crippen LogP contribution in [0.15, 0.2) is 53.4 Å². The van der Waals surface area contributed by atoms with E-state index in [0.717, 1.165) is 32.9 Å². The third kappa shape index (κ3) is 3.92. The van der Waals surface area contributed by atoms with Gasteiger partial charge < -0.3 is 9.84 Å². The third-order valence-electron chi connectivity index (χ3n) is 6.48. The normalized spacial score (nSPS) is 17.6. The molecule has 176 valence electrons. The van der Waals surface area contributed by atoms with Crippen LogP contribution in [0.1, 0.15) is 58.5 Å². The summed E-state index contributed by atoms with van der Waals surface area (Å²) < 4.78 is 5.54. The van der Waals surface area contributed by atoms with Gasteiger partial charge in [-0.25, -0.2) is 0 Å². The molecule has 34 heavy (non-hydrogen) atoms. The molecule has 1 atom stereocenters. The van der Waals surface area contributed by atoms with Gasteiger partial charge in [0.25, 0.3) is 11.7 Å². The van der Waals surface area contributed by atoms with Crippen LogP contribution in [0, 0.1) is 20.8 Å². The molecular weight excluding hydrogens is 446 g/mol. The number of thiophene rings is 1. The Morgan fingerprint density at radius 2 is 1.76 bits per heavy atom. The van der Waals surface area contributed by atoms with Crippen LogP contribution < -0.4 is 9.64 Å². The largest absolute Gasteiger partial charge is 0.507 e. The molecule has 1 aliphatic heterocycles. The van der Waals surface area contributed by atoms with Gasteiger partial charge in [0.05, 0.1) is 12.7 Å². The number of amides is 1. The molecule has 4 rings (SSSR count). The van der Waals surface area contributed by atoms with Crippen LogP contribution in [0.25, 0.3) is 5.76 Å². The second kappa shape index (κ2) is 9.11. The number of rotatable bonds is 5. The molecule has 1 unspecified atom stereocenters. The first-order valence-corrected chi connectivity index (χ1v) is 12.1. The van der Waals surface area contributed by atoms with Crippen molar-refractivity contribution in [3.63, 3.8) is 0 Å². The summed E-state index contributed by atoms with van der Waals surface area (Å²) in [4.78, 5) is 29.0. The summed E-state index contributed by atoms with van der Waals surface area (Å²) in [6.07, 6.45) is 0. The molecule has 0 radical (unpaired) electrons. The van der Waals surface area contributed by atoms with Crippen molar-refractivity contribution in [2.45, 2.75) is 46.6 Å². The second-order valence-electron chi connectivity index (χ2n) is 9.02. The van der Waals surface area contributed by atoms with Crippen molar-refractivity contribution in [3.05, 3.63) is 86.1 Å². The molecule has 2 aromatic carbocycles. The van der Waals surface area contributed by atoms with Crippen molar-refractivity contribution in [2.75, 3.05) is 12.0 Å². The maximum absolute atomic E-state index is 13.4. The zero-order valence-corrected chi connectivity index (χ0v) is 21.1. The van der Waals surface area contributed by atoms with Gasteiger partial charge in [-0.2, -0.15) is 0 Å². The van der Waals surface area contributed by atoms with E-state index in [2.05, 4.69) is 0 Å². The van der Waals surface area contributed by atoms with Gasteiger partial charge in [-0.05, 0) is 84.7 Å². The lowest BCUT2D eigenvalue weighted by molar-refractivity contribution is -0.132. The summed E-state index contributed by atoms with van der Waals surface area (Å²) in [5.41, 5.74) is 5.08. The highest BCUT2D eigenvalue weighted by molar-refractivity contribution is 7.10. The number of anilines is 1. The number of aliphatic hydroxyl groups excluding tert-OH is 1. The zero-order chi connectivity index (χ0) is 24.7. The van der Waals surface area contributed by atoms with Crippen molar-refractivity contribution in [1.82, 2.24) is 0 Å². The number of Topliss-reactive ketones (excluding diaryl/α,β-unsaturated/α-hetero) is 1. The van der Waals surface area contributed by atoms with Gasteiger partial charge in [0.1, 0.15) is 17.6 Å². The topological polar surface area (TPSA) is 66.8 Å². The molecule has 1 saturated heterocycles. The predicted molar refractivity (Wildman–Crippen MR) is 137 cm³/mol. The number of aliphatic hydroxyl groups is 1. The molecule has 5 nitrogen and oxygen atoms in total. The molecule has 0 aliphatic carbocycles. The first-order chi connectivity index (χ1) is 16.1. The highest BCUT2D eigenvalue weighted by atomic mass is 32.1. The maximum atomic E-state index is 13.4. The van der Waals surface area contributed by atoms with Crippen LogP contribution in [-0.4, -0.2) is 23.9 Å². The number of carbonyl (C=O) groups is 2. The summed E-state index contributed by atoms with van der Waals surface area (Å²) in [7, 11) is 1.62. The molecule has 1 aliphatic rings. The van der Waals surface area contributed by atoms with E-state index in [9.17, 15) is 14.7 Å². The van der Waals surface area contributed by atoms with Gasteiger partial charge in [0.15, 0.2) is 0 Å². The van der Waals surface area contributed by atoms with Gasteiger partial charge in [0, 0.05) is 16.1 Å². The molecule has 1 N–H and O–H groups in total. The summed E-state index contributed by atoms with van der Waals surface area (Å²) in [6.45, 7) is 9.93. The Kier molecular flexibility index (Phi) is 6.36. The fourth-order valence-corrected chi connectivity index (χ4v) is 5.24. The first-order valence-electron chi connectivity index (χ1n) is 11.3. The molecular formula is C28H29NO4S. The smallest absolute Gasteiger partial charge is 0.300 e. The fraction of sp³-hybridized carbons (Fsp3) is 0.286. The molecule has 0 saturated carbocycles. The average molecular weight is 476 g/mol. The van der Waals surface area contributed by atoms with E-state index in [-0.39, 0.29) is 17.3 Å². The highest BCUT2D eigenvalue weighted by Crippen LogP contribution is 2.44. The SMILES string of the molecule is COc1cc(C)c(/C(O)=C2\C(=O)C(=O)N(c3ccc(C)c(C)c3)C2c2cccs2)cc1C(C)C. The van der Waals surface area contributed by atoms with Crippen LogP contribution in [0.5, 0.6) is 5.75 Å². The fourth-order valence-electron chi connectivity index (χ4n) is 4.42. The Labute approximate surface area is 204 Å². The van der Waals surface area contributed by atoms with Gasteiger partial charge in [-0.1, -0.05) is 26.0 Å². The number of nitrogens with zero attached hydrogens (tertiary/aromatic N) is 1. The number of benzene rings is 2. The van der Waals surface area contributed by atoms with Crippen LogP contribution >= 0.6 is 11.3 Å². The molecule has 1 fully saturated rings. The first kappa shape index (κ1) is 23.8. The number of hydrogen-bond acceptors (Lipinski definition) is 5. The zero-order valence-electron chi connectivity index (χ0n) is 20.3. The van der Waals surface area contributed by atoms with Gasteiger partial charge >= 0.3 is 0 Å². The van der Waals surface area contributed by atoms with Crippen molar-refractivity contribution in [1.29, 1.82) is 0 Å². The van der Waals surface area contributed by atoms with E-state index in [0.29, 0.717) is 11.3 Å². The average Bonchev–Trinajstić information content (AvgIpc) is 3.42. The quantitative estimate of drug-likeness (QED) is 0.262. The lowest BCUT2D eigenvalue weighted by atomic mass is 9.92. The standard InChI is InChI=1S/C28H29NO4S/c1-15(2)20-14-21(18(5)13-22(20)33-6)26(30)24-25(23-8-7-11-34-23)29(28(32)27(24)31)19-10-9-16(3)17(4)12-19/h7-15,25,30H,1-6H3/b26-24+. The molecule has 1 aromatic heterocycles. The maximum Gasteiger partial charge on any atom is 0.300 e. The summed E-state index contributed by atoms with van der Waals surface area (Å²) in [5.74, 6) is -0.610. The molecule has 3 aromatic rings. The Morgan fingerprint density at radius 1 is 1.03 bits per heavy atom. The predicted octanol–water partition coefficient (Wildman–Crippen LogP) is 6.43. The van der Waals surface area contributed by atoms with E-state index in [1.54, 1.807) is 7.11 Å². The number of ether oxygens (including phenoxy) is 1. The van der Waals surface area contributed by atoms with Crippen LogP contribution in [0.3, 0.4) is 0 Å². The number of carbonyl (C=O) groups excluding carboxylic acids is 2. The minimum absolute atomic E-state index is 0.105. The lowest BCUT2D eigenvalue weighted by Crippen LogP contribution is -2.29. The van der Waals surface area contributed by atoms with Crippen LogP contribution in [-0.2, 0) is 9.59 Å².